The van der Waals surface area contributed by atoms with Gasteiger partial charge in [0.15, 0.2) is 0 Å². The number of rotatable bonds is 42. The van der Waals surface area contributed by atoms with Crippen LogP contribution in [-0.4, -0.2) is 47.8 Å². The van der Waals surface area contributed by atoms with Crippen molar-refractivity contribution in [1.82, 2.24) is 5.32 Å². The largest absolute Gasteiger partial charge is 0.472 e. The molecule has 0 fully saturated rings. The highest BCUT2D eigenvalue weighted by Crippen LogP contribution is 2.43. The number of hydrogen-bond donors (Lipinski definition) is 4. The van der Waals surface area contributed by atoms with E-state index in [0.29, 0.717) is 12.8 Å². The SMILES string of the molecule is CCCCCCCCC/C=C\CCCCCCCC(=O)NC(COP(=O)(O)OCCN)C(O)CCCCCCCCCCCCCCCCCCC. The van der Waals surface area contributed by atoms with Gasteiger partial charge in [-0.3, -0.25) is 13.8 Å². The normalized spacial score (nSPS) is 14.2. The zero-order chi connectivity index (χ0) is 38.2. The molecule has 5 N–H and O–H groups in total. The van der Waals surface area contributed by atoms with Gasteiger partial charge in [-0.2, -0.15) is 0 Å². The van der Waals surface area contributed by atoms with Gasteiger partial charge in [0, 0.05) is 13.0 Å². The zero-order valence-corrected chi connectivity index (χ0v) is 35.2. The van der Waals surface area contributed by atoms with Crippen molar-refractivity contribution in [1.29, 1.82) is 0 Å². The van der Waals surface area contributed by atoms with Gasteiger partial charge in [0.25, 0.3) is 0 Å². The van der Waals surface area contributed by atoms with Crippen LogP contribution >= 0.6 is 7.82 Å². The van der Waals surface area contributed by atoms with Crippen molar-refractivity contribution in [3.63, 3.8) is 0 Å². The Morgan fingerprint density at radius 3 is 1.42 bits per heavy atom. The topological polar surface area (TPSA) is 131 Å². The summed E-state index contributed by atoms with van der Waals surface area (Å²) in [7, 11) is -4.31. The third-order valence-electron chi connectivity index (χ3n) is 10.1. The standard InChI is InChI=1S/C43H87N2O6P/c1-3-5-7-9-11-13-15-17-19-21-22-24-26-28-30-32-34-36-42(46)41(40-51-52(48,49)50-39-38-44)45-43(47)37-35-33-31-29-27-25-23-20-18-16-14-12-10-8-6-4-2/h20,23,41-42,46H,3-19,21-22,24-40,44H2,1-2H3,(H,45,47)(H,48,49)/b23-20-. The van der Waals surface area contributed by atoms with Gasteiger partial charge < -0.3 is 21.1 Å². The maximum atomic E-state index is 12.8. The second-order valence-electron chi connectivity index (χ2n) is 15.3. The molecule has 0 spiro atoms. The Bertz CT molecular complexity index is 829. The Labute approximate surface area is 322 Å². The third-order valence-corrected chi connectivity index (χ3v) is 11.1. The average molecular weight is 759 g/mol. The van der Waals surface area contributed by atoms with E-state index in [2.05, 4.69) is 31.3 Å². The summed E-state index contributed by atoms with van der Waals surface area (Å²) < 4.78 is 22.2. The molecule has 8 nitrogen and oxygen atoms in total. The predicted molar refractivity (Wildman–Crippen MR) is 222 cm³/mol. The number of phosphoric acid groups is 1. The lowest BCUT2D eigenvalue weighted by molar-refractivity contribution is -0.123. The molecule has 3 unspecified atom stereocenters. The molecule has 3 atom stereocenters. The smallest absolute Gasteiger partial charge is 0.391 e. The number of phosphoric ester groups is 1. The molecule has 0 aliphatic carbocycles. The first-order valence-corrected chi connectivity index (χ1v) is 23.8. The van der Waals surface area contributed by atoms with Crippen molar-refractivity contribution in [2.45, 2.75) is 238 Å². The summed E-state index contributed by atoms with van der Waals surface area (Å²) in [5, 5.41) is 13.8. The number of unbranched alkanes of at least 4 members (excludes halogenated alkanes) is 28. The van der Waals surface area contributed by atoms with E-state index in [9.17, 15) is 19.4 Å². The van der Waals surface area contributed by atoms with Gasteiger partial charge in [0.2, 0.25) is 5.91 Å². The molecule has 310 valence electrons. The highest BCUT2D eigenvalue weighted by molar-refractivity contribution is 7.47. The lowest BCUT2D eigenvalue weighted by atomic mass is 10.0. The molecule has 9 heteroatoms. The van der Waals surface area contributed by atoms with Crippen LogP contribution in [0.3, 0.4) is 0 Å². The first-order valence-electron chi connectivity index (χ1n) is 22.3. The van der Waals surface area contributed by atoms with Crippen LogP contribution in [0.5, 0.6) is 0 Å². The summed E-state index contributed by atoms with van der Waals surface area (Å²) in [6.45, 7) is 4.22. The molecule has 0 aromatic carbocycles. The number of hydrogen-bond acceptors (Lipinski definition) is 6. The molecular formula is C43H87N2O6P. The predicted octanol–water partition coefficient (Wildman–Crippen LogP) is 12.4. The second-order valence-corrected chi connectivity index (χ2v) is 16.7. The fraction of sp³-hybridized carbons (Fsp3) is 0.930. The van der Waals surface area contributed by atoms with Crippen LogP contribution in [0.1, 0.15) is 226 Å². The molecule has 0 aliphatic heterocycles. The fourth-order valence-electron chi connectivity index (χ4n) is 6.72. The highest BCUT2D eigenvalue weighted by Gasteiger charge is 2.27. The van der Waals surface area contributed by atoms with Crippen LogP contribution in [0.4, 0.5) is 0 Å². The van der Waals surface area contributed by atoms with Crippen molar-refractivity contribution in [2.24, 2.45) is 5.73 Å². The van der Waals surface area contributed by atoms with Crippen LogP contribution in [0.25, 0.3) is 0 Å². The highest BCUT2D eigenvalue weighted by atomic mass is 31.2. The Morgan fingerprint density at radius 2 is 1.00 bits per heavy atom. The molecule has 1 amide bonds. The van der Waals surface area contributed by atoms with Gasteiger partial charge in [0.1, 0.15) is 0 Å². The number of nitrogens with one attached hydrogen (secondary N) is 1. The minimum atomic E-state index is -4.31. The Morgan fingerprint density at radius 1 is 0.615 bits per heavy atom. The molecule has 0 aliphatic rings. The van der Waals surface area contributed by atoms with Crippen LogP contribution in [-0.2, 0) is 18.4 Å². The van der Waals surface area contributed by atoms with Crippen LogP contribution in [0, 0.1) is 0 Å². The Kier molecular flexibility index (Phi) is 39.3. The van der Waals surface area contributed by atoms with E-state index in [0.717, 1.165) is 51.4 Å². The van der Waals surface area contributed by atoms with E-state index < -0.39 is 20.0 Å². The number of amides is 1. The Balaban J connectivity index is 4.14. The second kappa shape index (κ2) is 39.9. The van der Waals surface area contributed by atoms with E-state index in [4.69, 9.17) is 14.8 Å². The molecule has 52 heavy (non-hydrogen) atoms. The molecule has 0 radical (unpaired) electrons. The maximum absolute atomic E-state index is 12.8. The summed E-state index contributed by atoms with van der Waals surface area (Å²) in [5.74, 6) is -0.168. The number of allylic oxidation sites excluding steroid dienone is 2. The Hall–Kier alpha value is -0.760. The number of aliphatic hydroxyl groups excluding tert-OH is 1. The van der Waals surface area contributed by atoms with Crippen molar-refractivity contribution in [3.05, 3.63) is 12.2 Å². The molecule has 0 saturated carbocycles. The molecule has 0 rings (SSSR count). The minimum Gasteiger partial charge on any atom is -0.391 e. The first-order chi connectivity index (χ1) is 25.4. The first kappa shape index (κ1) is 51.2. The van der Waals surface area contributed by atoms with Gasteiger partial charge >= 0.3 is 7.82 Å². The maximum Gasteiger partial charge on any atom is 0.472 e. The van der Waals surface area contributed by atoms with Crippen molar-refractivity contribution in [2.75, 3.05) is 19.8 Å². The monoisotopic (exact) mass is 759 g/mol. The summed E-state index contributed by atoms with van der Waals surface area (Å²) in [4.78, 5) is 22.7. The summed E-state index contributed by atoms with van der Waals surface area (Å²) in [5.41, 5.74) is 5.38. The van der Waals surface area contributed by atoms with Gasteiger partial charge in [-0.15, -0.1) is 0 Å². The van der Waals surface area contributed by atoms with E-state index in [-0.39, 0.29) is 25.7 Å². The van der Waals surface area contributed by atoms with Crippen LogP contribution in [0.15, 0.2) is 12.2 Å². The summed E-state index contributed by atoms with van der Waals surface area (Å²) in [6.07, 6.45) is 43.6. The van der Waals surface area contributed by atoms with E-state index >= 15 is 0 Å². The van der Waals surface area contributed by atoms with E-state index in [1.54, 1.807) is 0 Å². The molecule has 0 bridgehead atoms. The average Bonchev–Trinajstić information content (AvgIpc) is 3.13. The van der Waals surface area contributed by atoms with Crippen molar-refractivity contribution in [3.8, 4) is 0 Å². The minimum absolute atomic E-state index is 0.0893. The number of carbonyl (C=O) groups is 1. The molecule has 0 heterocycles. The van der Waals surface area contributed by atoms with Crippen molar-refractivity contribution < 1.29 is 28.4 Å². The zero-order valence-electron chi connectivity index (χ0n) is 34.3. The van der Waals surface area contributed by atoms with E-state index in [1.165, 1.54) is 148 Å². The van der Waals surface area contributed by atoms with Gasteiger partial charge in [-0.05, 0) is 38.5 Å². The van der Waals surface area contributed by atoms with Crippen LogP contribution < -0.4 is 11.1 Å². The van der Waals surface area contributed by atoms with Crippen LogP contribution in [0.2, 0.25) is 0 Å². The van der Waals surface area contributed by atoms with Gasteiger partial charge in [0.05, 0.1) is 25.4 Å². The molecule has 0 aromatic rings. The molecular weight excluding hydrogens is 671 g/mol. The van der Waals surface area contributed by atoms with E-state index in [1.807, 2.05) is 0 Å². The lowest BCUT2D eigenvalue weighted by Gasteiger charge is -2.25. The number of aliphatic hydroxyl groups is 1. The van der Waals surface area contributed by atoms with Gasteiger partial charge in [-0.25, -0.2) is 4.57 Å². The summed E-state index contributed by atoms with van der Waals surface area (Å²) in [6, 6.07) is -0.775. The summed E-state index contributed by atoms with van der Waals surface area (Å²) >= 11 is 0. The fourth-order valence-corrected chi connectivity index (χ4v) is 7.48. The quantitative estimate of drug-likeness (QED) is 0.0277. The number of nitrogens with two attached hydrogens (primary N) is 1. The number of carbonyl (C=O) groups excluding carboxylic acids is 1. The lowest BCUT2D eigenvalue weighted by Crippen LogP contribution is -2.46. The molecule has 0 aromatic heterocycles. The van der Waals surface area contributed by atoms with Crippen molar-refractivity contribution >= 4 is 13.7 Å². The molecule has 0 saturated heterocycles. The third kappa shape index (κ3) is 37.6. The van der Waals surface area contributed by atoms with Gasteiger partial charge in [-0.1, -0.05) is 193 Å².